The van der Waals surface area contributed by atoms with Crippen molar-refractivity contribution in [2.75, 3.05) is 5.73 Å². The Morgan fingerprint density at radius 1 is 1.62 bits per heavy atom. The highest BCUT2D eigenvalue weighted by atomic mass is 32.2. The number of aryl methyl sites for hydroxylation is 1. The molecule has 3 N–H and O–H groups in total. The van der Waals surface area contributed by atoms with Gasteiger partial charge in [0, 0.05) is 13.1 Å². The molecule has 1 aliphatic rings. The lowest BCUT2D eigenvalue weighted by molar-refractivity contribution is 0.548. The Morgan fingerprint density at radius 2 is 2.19 bits per heavy atom. The number of nitrogen functional groups attached to an aromatic ring is 1. The zero-order valence-electron chi connectivity index (χ0n) is 9.56. The molecule has 6 nitrogen and oxygen atoms in total. The van der Waals surface area contributed by atoms with Gasteiger partial charge in [-0.3, -0.25) is 0 Å². The van der Waals surface area contributed by atoms with Crippen LogP contribution in [0.1, 0.15) is 20.3 Å². The minimum Gasteiger partial charge on any atom is -0.381 e. The first-order chi connectivity index (χ1) is 7.24. The van der Waals surface area contributed by atoms with Crippen molar-refractivity contribution >= 4 is 15.8 Å². The van der Waals surface area contributed by atoms with E-state index in [2.05, 4.69) is 9.71 Å². The van der Waals surface area contributed by atoms with Gasteiger partial charge in [-0.2, -0.15) is 0 Å². The third kappa shape index (κ3) is 1.80. The van der Waals surface area contributed by atoms with E-state index in [9.17, 15) is 8.42 Å². The van der Waals surface area contributed by atoms with Crippen LogP contribution in [0.2, 0.25) is 0 Å². The van der Waals surface area contributed by atoms with Gasteiger partial charge in [0.15, 0.2) is 10.8 Å². The molecule has 0 spiro atoms. The van der Waals surface area contributed by atoms with Gasteiger partial charge in [0.05, 0.1) is 6.33 Å². The maximum atomic E-state index is 12.0. The van der Waals surface area contributed by atoms with Gasteiger partial charge < -0.3 is 10.3 Å². The summed E-state index contributed by atoms with van der Waals surface area (Å²) < 4.78 is 28.1. The van der Waals surface area contributed by atoms with Crippen LogP contribution in [-0.4, -0.2) is 24.0 Å². The van der Waals surface area contributed by atoms with Crippen molar-refractivity contribution in [2.45, 2.75) is 31.3 Å². The zero-order chi connectivity index (χ0) is 12.1. The molecule has 0 radical (unpaired) electrons. The average molecular weight is 244 g/mol. The smallest absolute Gasteiger partial charge is 0.260 e. The molecule has 0 aromatic carbocycles. The van der Waals surface area contributed by atoms with Crippen LogP contribution in [0.4, 0.5) is 5.82 Å². The predicted molar refractivity (Wildman–Crippen MR) is 60.1 cm³/mol. The molecule has 1 aromatic heterocycles. The van der Waals surface area contributed by atoms with Crippen molar-refractivity contribution in [2.24, 2.45) is 12.5 Å². The summed E-state index contributed by atoms with van der Waals surface area (Å²) in [5.74, 6) is 0.0356. The Kier molecular flexibility index (Phi) is 2.29. The van der Waals surface area contributed by atoms with Crippen LogP contribution in [0, 0.1) is 5.41 Å². The van der Waals surface area contributed by atoms with Crippen LogP contribution in [0.3, 0.4) is 0 Å². The standard InChI is InChI=1S/C9H16N4O2S/c1-9(2)4-6(9)12-16(14,15)8-7(10)11-5-13(8)3/h5-6,12H,4,10H2,1-3H3. The average Bonchev–Trinajstić information content (AvgIpc) is 2.53. The van der Waals surface area contributed by atoms with Gasteiger partial charge in [-0.1, -0.05) is 13.8 Å². The summed E-state index contributed by atoms with van der Waals surface area (Å²) in [6.07, 6.45) is 2.24. The zero-order valence-corrected chi connectivity index (χ0v) is 10.4. The van der Waals surface area contributed by atoms with Crippen molar-refractivity contribution in [1.29, 1.82) is 0 Å². The third-order valence-electron chi connectivity index (χ3n) is 2.97. The lowest BCUT2D eigenvalue weighted by Crippen LogP contribution is -2.30. The van der Waals surface area contributed by atoms with Crippen molar-refractivity contribution in [3.05, 3.63) is 6.33 Å². The molecule has 2 rings (SSSR count). The molecular weight excluding hydrogens is 228 g/mol. The highest BCUT2D eigenvalue weighted by Crippen LogP contribution is 2.45. The molecule has 1 aromatic rings. The summed E-state index contributed by atoms with van der Waals surface area (Å²) in [5, 5.41) is 0.0372. The number of hydrogen-bond donors (Lipinski definition) is 2. The minimum absolute atomic E-state index is 0.00759. The van der Waals surface area contributed by atoms with E-state index in [1.165, 1.54) is 10.9 Å². The highest BCUT2D eigenvalue weighted by molar-refractivity contribution is 7.89. The van der Waals surface area contributed by atoms with Crippen LogP contribution >= 0.6 is 0 Å². The summed E-state index contributed by atoms with van der Waals surface area (Å²) >= 11 is 0. The number of anilines is 1. The van der Waals surface area contributed by atoms with E-state index in [0.717, 1.165) is 6.42 Å². The first kappa shape index (κ1) is 11.4. The molecule has 0 amide bonds. The fourth-order valence-electron chi connectivity index (χ4n) is 1.68. The molecule has 0 aliphatic heterocycles. The Morgan fingerprint density at radius 3 is 2.56 bits per heavy atom. The van der Waals surface area contributed by atoms with Crippen LogP contribution in [0.15, 0.2) is 11.4 Å². The number of nitrogens with one attached hydrogen (secondary N) is 1. The summed E-state index contributed by atoms with van der Waals surface area (Å²) in [7, 11) is -1.95. The van der Waals surface area contributed by atoms with Crippen LogP contribution < -0.4 is 10.5 Å². The molecule has 1 fully saturated rings. The molecule has 1 saturated carbocycles. The van der Waals surface area contributed by atoms with Crippen LogP contribution in [0.25, 0.3) is 0 Å². The maximum absolute atomic E-state index is 12.0. The predicted octanol–water partition coefficient (Wildman–Crippen LogP) is 0.0791. The Hall–Kier alpha value is -1.08. The second-order valence-corrected chi connectivity index (χ2v) is 6.54. The Bertz CT molecular complexity index is 498. The monoisotopic (exact) mass is 244 g/mol. The topological polar surface area (TPSA) is 90.0 Å². The van der Waals surface area contributed by atoms with Crippen LogP contribution in [-0.2, 0) is 17.1 Å². The SMILES string of the molecule is Cn1cnc(N)c1S(=O)(=O)NC1CC1(C)C. The quantitative estimate of drug-likeness (QED) is 0.788. The normalized spacial score (nSPS) is 23.3. The molecule has 90 valence electrons. The van der Waals surface area contributed by atoms with Crippen molar-refractivity contribution in [3.8, 4) is 0 Å². The van der Waals surface area contributed by atoms with E-state index in [-0.39, 0.29) is 22.3 Å². The lowest BCUT2D eigenvalue weighted by atomic mass is 10.2. The molecule has 1 heterocycles. The number of rotatable bonds is 3. The van der Waals surface area contributed by atoms with Gasteiger partial charge in [0.2, 0.25) is 0 Å². The van der Waals surface area contributed by atoms with Gasteiger partial charge in [0.25, 0.3) is 10.0 Å². The molecular formula is C9H16N4O2S. The first-order valence-corrected chi connectivity index (χ1v) is 6.51. The van der Waals surface area contributed by atoms with Gasteiger partial charge in [0.1, 0.15) is 0 Å². The van der Waals surface area contributed by atoms with E-state index >= 15 is 0 Å². The van der Waals surface area contributed by atoms with Gasteiger partial charge in [-0.15, -0.1) is 0 Å². The summed E-state index contributed by atoms with van der Waals surface area (Å²) in [6, 6.07) is -0.00759. The van der Waals surface area contributed by atoms with E-state index in [1.54, 1.807) is 7.05 Å². The third-order valence-corrected chi connectivity index (χ3v) is 4.58. The summed E-state index contributed by atoms with van der Waals surface area (Å²) in [5.41, 5.74) is 5.58. The maximum Gasteiger partial charge on any atom is 0.260 e. The molecule has 1 atom stereocenters. The number of nitrogens with zero attached hydrogens (tertiary/aromatic N) is 2. The summed E-state index contributed by atoms with van der Waals surface area (Å²) in [6.45, 7) is 4.04. The van der Waals surface area contributed by atoms with Crippen molar-refractivity contribution in [3.63, 3.8) is 0 Å². The number of hydrogen-bond acceptors (Lipinski definition) is 4. The molecule has 0 saturated heterocycles. The second kappa shape index (κ2) is 3.21. The fraction of sp³-hybridized carbons (Fsp3) is 0.667. The van der Waals surface area contributed by atoms with Gasteiger partial charge in [-0.25, -0.2) is 18.1 Å². The minimum atomic E-state index is -3.56. The van der Waals surface area contributed by atoms with Crippen LogP contribution in [0.5, 0.6) is 0 Å². The molecule has 1 aliphatic carbocycles. The number of aromatic nitrogens is 2. The fourth-order valence-corrected chi connectivity index (χ4v) is 3.32. The molecule has 16 heavy (non-hydrogen) atoms. The number of sulfonamides is 1. The van der Waals surface area contributed by atoms with Gasteiger partial charge in [-0.05, 0) is 11.8 Å². The first-order valence-electron chi connectivity index (χ1n) is 5.03. The van der Waals surface area contributed by atoms with E-state index in [0.29, 0.717) is 0 Å². The summed E-state index contributed by atoms with van der Waals surface area (Å²) in [4.78, 5) is 3.77. The Labute approximate surface area is 94.9 Å². The number of imidazole rings is 1. The second-order valence-electron chi connectivity index (χ2n) is 4.91. The van der Waals surface area contributed by atoms with Gasteiger partial charge >= 0.3 is 0 Å². The van der Waals surface area contributed by atoms with E-state index in [1.807, 2.05) is 13.8 Å². The molecule has 7 heteroatoms. The highest BCUT2D eigenvalue weighted by Gasteiger charge is 2.48. The largest absolute Gasteiger partial charge is 0.381 e. The van der Waals surface area contributed by atoms with Crippen molar-refractivity contribution in [1.82, 2.24) is 14.3 Å². The van der Waals surface area contributed by atoms with E-state index in [4.69, 9.17) is 5.73 Å². The lowest BCUT2D eigenvalue weighted by Gasteiger charge is -2.08. The van der Waals surface area contributed by atoms with Crippen molar-refractivity contribution < 1.29 is 8.42 Å². The Balaban J connectivity index is 2.27. The van der Waals surface area contributed by atoms with E-state index < -0.39 is 10.0 Å². The number of nitrogens with two attached hydrogens (primary N) is 1. The molecule has 0 bridgehead atoms. The molecule has 1 unspecified atom stereocenters.